The summed E-state index contributed by atoms with van der Waals surface area (Å²) in [5, 5.41) is 0. The lowest BCUT2D eigenvalue weighted by molar-refractivity contribution is -0.133. The van der Waals surface area contributed by atoms with Gasteiger partial charge >= 0.3 is 12.6 Å². The molecule has 0 bridgehead atoms. The molecule has 1 amide bonds. The number of carbonyl (C=O) groups is 2. The average molecular weight is 366 g/mol. The van der Waals surface area contributed by atoms with Gasteiger partial charge in [-0.1, -0.05) is 12.1 Å². The van der Waals surface area contributed by atoms with Crippen LogP contribution >= 0.6 is 0 Å². The minimum atomic E-state index is -2.88. The second-order valence-electron chi connectivity index (χ2n) is 5.77. The molecule has 26 heavy (non-hydrogen) atoms. The molecule has 140 valence electrons. The molecule has 2 rings (SSSR count). The number of amides is 1. The normalized spacial score (nSPS) is 10.7. The molecule has 1 aromatic heterocycles. The summed E-state index contributed by atoms with van der Waals surface area (Å²) in [7, 11) is 3.30. The lowest BCUT2D eigenvalue weighted by atomic mass is 10.2. The third-order valence-corrected chi connectivity index (χ3v) is 3.90. The van der Waals surface area contributed by atoms with Gasteiger partial charge in [0, 0.05) is 26.3 Å². The minimum absolute atomic E-state index is 0.0459. The summed E-state index contributed by atoms with van der Waals surface area (Å²) in [6.45, 7) is -1.17. The molecule has 0 radical (unpaired) electrons. The molecule has 1 aromatic carbocycles. The molecule has 0 spiro atoms. The standard InChI is InChI=1S/C18H20F2N2O4/c1-12-4-9-15(22(12)3)17(24)25-11-16(23)21(2)10-13-5-7-14(8-6-13)26-18(19)20/h4-9,18H,10-11H2,1-3H3. The first-order valence-electron chi connectivity index (χ1n) is 7.85. The fraction of sp³-hybridized carbons (Fsp3) is 0.333. The van der Waals surface area contributed by atoms with E-state index in [1.165, 1.54) is 17.0 Å². The van der Waals surface area contributed by atoms with Gasteiger partial charge in [-0.3, -0.25) is 4.79 Å². The molecule has 6 nitrogen and oxygen atoms in total. The number of hydrogen-bond donors (Lipinski definition) is 0. The van der Waals surface area contributed by atoms with Gasteiger partial charge in [0.1, 0.15) is 11.4 Å². The first kappa shape index (κ1) is 19.4. The second-order valence-corrected chi connectivity index (χ2v) is 5.77. The Labute approximate surface area is 149 Å². The van der Waals surface area contributed by atoms with Crippen molar-refractivity contribution >= 4 is 11.9 Å². The van der Waals surface area contributed by atoms with Crippen LogP contribution in [-0.2, 0) is 23.1 Å². The molecule has 0 fully saturated rings. The highest BCUT2D eigenvalue weighted by Gasteiger charge is 2.16. The van der Waals surface area contributed by atoms with Crippen molar-refractivity contribution in [1.82, 2.24) is 9.47 Å². The Balaban J connectivity index is 1.85. The zero-order valence-corrected chi connectivity index (χ0v) is 14.7. The Hall–Kier alpha value is -2.90. The van der Waals surface area contributed by atoms with Crippen LogP contribution in [-0.4, -0.2) is 41.6 Å². The number of alkyl halides is 2. The van der Waals surface area contributed by atoms with Gasteiger partial charge in [-0.05, 0) is 36.8 Å². The van der Waals surface area contributed by atoms with E-state index in [0.717, 1.165) is 11.3 Å². The van der Waals surface area contributed by atoms with E-state index in [-0.39, 0.29) is 24.8 Å². The zero-order valence-electron chi connectivity index (χ0n) is 14.7. The Kier molecular flexibility index (Phi) is 6.32. The summed E-state index contributed by atoms with van der Waals surface area (Å²) in [5.41, 5.74) is 2.00. The van der Waals surface area contributed by atoms with Crippen LogP contribution in [0.5, 0.6) is 5.75 Å². The Morgan fingerprint density at radius 2 is 1.81 bits per heavy atom. The number of ether oxygens (including phenoxy) is 2. The van der Waals surface area contributed by atoms with Gasteiger partial charge in [0.15, 0.2) is 6.61 Å². The molecule has 0 atom stereocenters. The van der Waals surface area contributed by atoms with Gasteiger partial charge in [-0.25, -0.2) is 4.79 Å². The van der Waals surface area contributed by atoms with E-state index < -0.39 is 12.6 Å². The van der Waals surface area contributed by atoms with Gasteiger partial charge in [0.05, 0.1) is 0 Å². The van der Waals surface area contributed by atoms with Crippen LogP contribution in [0.1, 0.15) is 21.7 Å². The number of rotatable bonds is 7. The first-order chi connectivity index (χ1) is 12.3. The van der Waals surface area contributed by atoms with Crippen molar-refractivity contribution in [1.29, 1.82) is 0 Å². The lowest BCUT2D eigenvalue weighted by Gasteiger charge is -2.17. The second kappa shape index (κ2) is 8.46. The number of carbonyl (C=O) groups excluding carboxylic acids is 2. The third-order valence-electron chi connectivity index (χ3n) is 3.90. The molecular weight excluding hydrogens is 346 g/mol. The van der Waals surface area contributed by atoms with E-state index in [2.05, 4.69) is 4.74 Å². The number of likely N-dealkylation sites (N-methyl/N-ethyl adjacent to an activating group) is 1. The van der Waals surface area contributed by atoms with Crippen molar-refractivity contribution in [3.63, 3.8) is 0 Å². The lowest BCUT2D eigenvalue weighted by Crippen LogP contribution is -2.31. The molecule has 0 aliphatic rings. The van der Waals surface area contributed by atoms with E-state index in [9.17, 15) is 18.4 Å². The van der Waals surface area contributed by atoms with E-state index >= 15 is 0 Å². The zero-order chi connectivity index (χ0) is 19.3. The van der Waals surface area contributed by atoms with Crippen molar-refractivity contribution in [2.24, 2.45) is 7.05 Å². The third kappa shape index (κ3) is 5.05. The maximum atomic E-state index is 12.1. The predicted molar refractivity (Wildman–Crippen MR) is 90.0 cm³/mol. The van der Waals surface area contributed by atoms with Crippen LogP contribution in [0.2, 0.25) is 0 Å². The van der Waals surface area contributed by atoms with Gasteiger partial charge in [-0.15, -0.1) is 0 Å². The van der Waals surface area contributed by atoms with Crippen LogP contribution in [0, 0.1) is 6.92 Å². The van der Waals surface area contributed by atoms with Gasteiger partial charge in [0.25, 0.3) is 5.91 Å². The Bertz CT molecular complexity index is 772. The minimum Gasteiger partial charge on any atom is -0.451 e. The van der Waals surface area contributed by atoms with Gasteiger partial charge in [-0.2, -0.15) is 8.78 Å². The van der Waals surface area contributed by atoms with E-state index in [1.54, 1.807) is 42.9 Å². The Morgan fingerprint density at radius 3 is 2.35 bits per heavy atom. The highest BCUT2D eigenvalue weighted by molar-refractivity contribution is 5.90. The number of aryl methyl sites for hydroxylation is 1. The number of halogens is 2. The highest BCUT2D eigenvalue weighted by Crippen LogP contribution is 2.16. The fourth-order valence-corrected chi connectivity index (χ4v) is 2.27. The van der Waals surface area contributed by atoms with E-state index in [4.69, 9.17) is 4.74 Å². The molecule has 0 aliphatic heterocycles. The van der Waals surface area contributed by atoms with Crippen molar-refractivity contribution in [2.45, 2.75) is 20.1 Å². The first-order valence-corrected chi connectivity index (χ1v) is 7.85. The number of esters is 1. The summed E-state index contributed by atoms with van der Waals surface area (Å²) in [6.07, 6.45) is 0. The quantitative estimate of drug-likeness (QED) is 0.707. The number of nitrogens with zero attached hydrogens (tertiary/aromatic N) is 2. The average Bonchev–Trinajstić information content (AvgIpc) is 2.93. The van der Waals surface area contributed by atoms with E-state index in [0.29, 0.717) is 5.69 Å². The Morgan fingerprint density at radius 1 is 1.15 bits per heavy atom. The topological polar surface area (TPSA) is 60.8 Å². The molecule has 0 unspecified atom stereocenters. The van der Waals surface area contributed by atoms with Crippen LogP contribution in [0.25, 0.3) is 0 Å². The number of hydrogen-bond acceptors (Lipinski definition) is 4. The van der Waals surface area contributed by atoms with Gasteiger partial charge < -0.3 is 18.9 Å². The molecule has 0 saturated carbocycles. The van der Waals surface area contributed by atoms with Crippen LogP contribution < -0.4 is 4.74 Å². The summed E-state index contributed by atoms with van der Waals surface area (Å²) in [6, 6.07) is 9.39. The molecule has 8 heteroatoms. The van der Waals surface area contributed by atoms with Crippen molar-refractivity contribution in [3.8, 4) is 5.75 Å². The largest absolute Gasteiger partial charge is 0.451 e. The fourth-order valence-electron chi connectivity index (χ4n) is 2.27. The van der Waals surface area contributed by atoms with Crippen LogP contribution in [0.4, 0.5) is 8.78 Å². The maximum absolute atomic E-state index is 12.1. The van der Waals surface area contributed by atoms with Crippen LogP contribution in [0.15, 0.2) is 36.4 Å². The van der Waals surface area contributed by atoms with Crippen LogP contribution in [0.3, 0.4) is 0 Å². The highest BCUT2D eigenvalue weighted by atomic mass is 19.3. The predicted octanol–water partition coefficient (Wildman–Crippen LogP) is 2.75. The number of aromatic nitrogens is 1. The summed E-state index contributed by atoms with van der Waals surface area (Å²) < 4.78 is 35.2. The molecule has 0 aliphatic carbocycles. The summed E-state index contributed by atoms with van der Waals surface area (Å²) >= 11 is 0. The van der Waals surface area contributed by atoms with Crippen molar-refractivity contribution in [3.05, 3.63) is 53.3 Å². The van der Waals surface area contributed by atoms with E-state index in [1.807, 2.05) is 6.92 Å². The molecule has 0 saturated heterocycles. The molecule has 2 aromatic rings. The summed E-state index contributed by atoms with van der Waals surface area (Å²) in [5.74, 6) is -0.905. The molecule has 0 N–H and O–H groups in total. The summed E-state index contributed by atoms with van der Waals surface area (Å²) in [4.78, 5) is 25.5. The van der Waals surface area contributed by atoms with Crippen molar-refractivity contribution in [2.75, 3.05) is 13.7 Å². The van der Waals surface area contributed by atoms with Crippen molar-refractivity contribution < 1.29 is 27.8 Å². The number of benzene rings is 1. The molecular formula is C18H20F2N2O4. The SMILES string of the molecule is Cc1ccc(C(=O)OCC(=O)N(C)Cc2ccc(OC(F)F)cc2)n1C. The maximum Gasteiger partial charge on any atom is 0.387 e. The molecule has 1 heterocycles. The monoisotopic (exact) mass is 366 g/mol. The van der Waals surface area contributed by atoms with Gasteiger partial charge in [0.2, 0.25) is 0 Å². The smallest absolute Gasteiger partial charge is 0.387 e.